The lowest BCUT2D eigenvalue weighted by molar-refractivity contribution is 0.575. The second-order valence-electron chi connectivity index (χ2n) is 4.92. The molecule has 1 aliphatic rings. The molecule has 1 atom stereocenters. The van der Waals surface area contributed by atoms with Crippen LogP contribution in [0, 0.1) is 0 Å². The largest absolute Gasteiger partial charge is 0.378 e. The van der Waals surface area contributed by atoms with Gasteiger partial charge in [-0.2, -0.15) is 0 Å². The molecular formula is C15H18N2S. The van der Waals surface area contributed by atoms with E-state index in [1.54, 1.807) is 0 Å². The summed E-state index contributed by atoms with van der Waals surface area (Å²) in [6.07, 6.45) is 1.17. The lowest BCUT2D eigenvalue weighted by Gasteiger charge is -2.25. The third kappa shape index (κ3) is 2.04. The Bertz CT molecular complexity index is 528. The number of fused-ring (bicyclic) bond motifs is 1. The minimum absolute atomic E-state index is 0.371. The molecule has 94 valence electrons. The SMILES string of the molecule is CN(C)c1ccc(C2NCCc3sccc32)cc1. The molecule has 0 spiro atoms. The monoisotopic (exact) mass is 258 g/mol. The zero-order valence-electron chi connectivity index (χ0n) is 10.8. The molecule has 0 amide bonds. The number of anilines is 1. The Kier molecular flexibility index (Phi) is 3.10. The van der Waals surface area contributed by atoms with Crippen LogP contribution in [0.25, 0.3) is 0 Å². The topological polar surface area (TPSA) is 15.3 Å². The quantitative estimate of drug-likeness (QED) is 0.890. The number of nitrogens with one attached hydrogen (secondary N) is 1. The summed E-state index contributed by atoms with van der Waals surface area (Å²) in [7, 11) is 4.15. The summed E-state index contributed by atoms with van der Waals surface area (Å²) in [6, 6.07) is 11.5. The van der Waals surface area contributed by atoms with Crippen LogP contribution in [0.4, 0.5) is 5.69 Å². The first-order chi connectivity index (χ1) is 8.75. The summed E-state index contributed by atoms with van der Waals surface area (Å²) < 4.78 is 0. The number of hydrogen-bond donors (Lipinski definition) is 1. The molecule has 0 saturated heterocycles. The Hall–Kier alpha value is -1.32. The predicted octanol–water partition coefficient (Wildman–Crippen LogP) is 3.05. The summed E-state index contributed by atoms with van der Waals surface area (Å²) >= 11 is 1.88. The normalized spacial score (nSPS) is 18.4. The van der Waals surface area contributed by atoms with Gasteiger partial charge in [-0.15, -0.1) is 11.3 Å². The van der Waals surface area contributed by atoms with Gasteiger partial charge in [-0.1, -0.05) is 12.1 Å². The van der Waals surface area contributed by atoms with Crippen LogP contribution in [-0.2, 0) is 6.42 Å². The maximum atomic E-state index is 3.62. The van der Waals surface area contributed by atoms with E-state index in [9.17, 15) is 0 Å². The first-order valence-corrected chi connectivity index (χ1v) is 7.20. The van der Waals surface area contributed by atoms with E-state index in [1.807, 2.05) is 11.3 Å². The molecule has 1 aliphatic heterocycles. The predicted molar refractivity (Wildman–Crippen MR) is 78.6 cm³/mol. The van der Waals surface area contributed by atoms with Crippen molar-refractivity contribution in [3.05, 3.63) is 51.7 Å². The van der Waals surface area contributed by atoms with Gasteiger partial charge in [-0.25, -0.2) is 0 Å². The summed E-state index contributed by atoms with van der Waals surface area (Å²) in [5.74, 6) is 0. The molecule has 1 aromatic carbocycles. The fourth-order valence-electron chi connectivity index (χ4n) is 2.51. The Balaban J connectivity index is 1.92. The van der Waals surface area contributed by atoms with Gasteiger partial charge in [0.05, 0.1) is 6.04 Å². The van der Waals surface area contributed by atoms with Crippen molar-refractivity contribution in [1.29, 1.82) is 0 Å². The highest BCUT2D eigenvalue weighted by Gasteiger charge is 2.21. The molecule has 1 aromatic heterocycles. The van der Waals surface area contributed by atoms with Crippen LogP contribution in [0.3, 0.4) is 0 Å². The number of nitrogens with zero attached hydrogens (tertiary/aromatic N) is 1. The van der Waals surface area contributed by atoms with Gasteiger partial charge in [0.15, 0.2) is 0 Å². The maximum absolute atomic E-state index is 3.62. The van der Waals surface area contributed by atoms with E-state index in [0.29, 0.717) is 6.04 Å². The molecule has 18 heavy (non-hydrogen) atoms. The fourth-order valence-corrected chi connectivity index (χ4v) is 3.43. The second kappa shape index (κ2) is 4.75. The molecule has 0 radical (unpaired) electrons. The molecular weight excluding hydrogens is 240 g/mol. The molecule has 2 aromatic rings. The van der Waals surface area contributed by atoms with Crippen LogP contribution in [0.2, 0.25) is 0 Å². The van der Waals surface area contributed by atoms with Crippen molar-refractivity contribution in [1.82, 2.24) is 5.32 Å². The van der Waals surface area contributed by atoms with Gasteiger partial charge in [0.1, 0.15) is 0 Å². The third-order valence-corrected chi connectivity index (χ3v) is 4.53. The Morgan fingerprint density at radius 1 is 1.17 bits per heavy atom. The molecule has 2 nitrogen and oxygen atoms in total. The van der Waals surface area contributed by atoms with Crippen LogP contribution in [0.15, 0.2) is 35.7 Å². The third-order valence-electron chi connectivity index (χ3n) is 3.53. The zero-order chi connectivity index (χ0) is 12.5. The fraction of sp³-hybridized carbons (Fsp3) is 0.333. The first kappa shape index (κ1) is 11.8. The van der Waals surface area contributed by atoms with E-state index in [0.717, 1.165) is 6.54 Å². The van der Waals surface area contributed by atoms with Crippen LogP contribution in [-0.4, -0.2) is 20.6 Å². The molecule has 3 heteroatoms. The van der Waals surface area contributed by atoms with Crippen molar-refractivity contribution >= 4 is 17.0 Å². The highest BCUT2D eigenvalue weighted by Crippen LogP contribution is 2.32. The van der Waals surface area contributed by atoms with E-state index in [1.165, 1.54) is 28.1 Å². The first-order valence-electron chi connectivity index (χ1n) is 6.32. The van der Waals surface area contributed by atoms with Crippen molar-refractivity contribution in [3.63, 3.8) is 0 Å². The molecule has 0 fully saturated rings. The van der Waals surface area contributed by atoms with Crippen LogP contribution >= 0.6 is 11.3 Å². The van der Waals surface area contributed by atoms with E-state index < -0.39 is 0 Å². The van der Waals surface area contributed by atoms with Crippen LogP contribution < -0.4 is 10.2 Å². The minimum atomic E-state index is 0.371. The number of hydrogen-bond acceptors (Lipinski definition) is 3. The standard InChI is InChI=1S/C15H18N2S/c1-17(2)12-5-3-11(4-6-12)15-13-8-10-18-14(13)7-9-16-15/h3-6,8,10,15-16H,7,9H2,1-2H3. The van der Waals surface area contributed by atoms with E-state index in [4.69, 9.17) is 0 Å². The van der Waals surface area contributed by atoms with Crippen molar-refractivity contribution in [2.24, 2.45) is 0 Å². The van der Waals surface area contributed by atoms with Gasteiger partial charge in [0.25, 0.3) is 0 Å². The Morgan fingerprint density at radius 3 is 2.67 bits per heavy atom. The van der Waals surface area contributed by atoms with E-state index >= 15 is 0 Å². The van der Waals surface area contributed by atoms with Gasteiger partial charge in [0.2, 0.25) is 0 Å². The van der Waals surface area contributed by atoms with Gasteiger partial charge in [-0.05, 0) is 41.1 Å². The lowest BCUT2D eigenvalue weighted by atomic mass is 9.95. The molecule has 1 N–H and O–H groups in total. The van der Waals surface area contributed by atoms with Gasteiger partial charge < -0.3 is 10.2 Å². The lowest BCUT2D eigenvalue weighted by Crippen LogP contribution is -2.29. The van der Waals surface area contributed by atoms with Gasteiger partial charge in [-0.3, -0.25) is 0 Å². The van der Waals surface area contributed by atoms with Gasteiger partial charge >= 0.3 is 0 Å². The molecule has 0 aliphatic carbocycles. The van der Waals surface area contributed by atoms with Crippen LogP contribution in [0.5, 0.6) is 0 Å². The number of thiophene rings is 1. The second-order valence-corrected chi connectivity index (χ2v) is 5.92. The minimum Gasteiger partial charge on any atom is -0.378 e. The summed E-state index contributed by atoms with van der Waals surface area (Å²) in [4.78, 5) is 3.67. The molecule has 3 rings (SSSR count). The Labute approximate surface area is 112 Å². The maximum Gasteiger partial charge on any atom is 0.0587 e. The van der Waals surface area contributed by atoms with E-state index in [-0.39, 0.29) is 0 Å². The average Bonchev–Trinajstić information content (AvgIpc) is 2.87. The van der Waals surface area contributed by atoms with E-state index in [2.05, 4.69) is 60.0 Å². The molecule has 1 unspecified atom stereocenters. The molecule has 0 bridgehead atoms. The average molecular weight is 258 g/mol. The van der Waals surface area contributed by atoms with Crippen LogP contribution in [0.1, 0.15) is 22.0 Å². The smallest absolute Gasteiger partial charge is 0.0587 e. The van der Waals surface area contributed by atoms with Crippen molar-refractivity contribution < 1.29 is 0 Å². The zero-order valence-corrected chi connectivity index (χ0v) is 11.6. The molecule has 0 saturated carbocycles. The van der Waals surface area contributed by atoms with Crippen molar-refractivity contribution in [2.75, 3.05) is 25.5 Å². The number of rotatable bonds is 2. The highest BCUT2D eigenvalue weighted by molar-refractivity contribution is 7.10. The van der Waals surface area contributed by atoms with Crippen molar-refractivity contribution in [2.45, 2.75) is 12.5 Å². The van der Waals surface area contributed by atoms with Gasteiger partial charge in [0, 0.05) is 31.2 Å². The number of benzene rings is 1. The van der Waals surface area contributed by atoms with Crippen molar-refractivity contribution in [3.8, 4) is 0 Å². The Morgan fingerprint density at radius 2 is 1.94 bits per heavy atom. The summed E-state index contributed by atoms with van der Waals surface area (Å²) in [5.41, 5.74) is 4.07. The summed E-state index contributed by atoms with van der Waals surface area (Å²) in [5, 5.41) is 5.83. The molecule has 2 heterocycles. The summed E-state index contributed by atoms with van der Waals surface area (Å²) in [6.45, 7) is 1.08. The highest BCUT2D eigenvalue weighted by atomic mass is 32.1.